The average molecular weight is 295 g/mol. The number of nitrogens with zero attached hydrogens (tertiary/aromatic N) is 4. The number of cyclic esters (lactones) is 1. The van der Waals surface area contributed by atoms with Gasteiger partial charge in [-0.25, -0.2) is 4.79 Å². The maximum absolute atomic E-state index is 12.1. The fourth-order valence-electron chi connectivity index (χ4n) is 2.04. The topological polar surface area (TPSA) is 117 Å². The van der Waals surface area contributed by atoms with Crippen molar-refractivity contribution in [2.24, 2.45) is 5.11 Å². The van der Waals surface area contributed by atoms with Gasteiger partial charge >= 0.3 is 5.97 Å². The van der Waals surface area contributed by atoms with Crippen LogP contribution < -0.4 is 5.32 Å². The molecule has 0 atom stereocenters. The zero-order chi connectivity index (χ0) is 15.5. The van der Waals surface area contributed by atoms with E-state index in [2.05, 4.69) is 20.3 Å². The van der Waals surface area contributed by atoms with Gasteiger partial charge < -0.3 is 10.1 Å². The molecule has 8 heteroatoms. The van der Waals surface area contributed by atoms with Gasteiger partial charge in [0.1, 0.15) is 12.4 Å². The van der Waals surface area contributed by atoms with E-state index >= 15 is 0 Å². The summed E-state index contributed by atoms with van der Waals surface area (Å²) in [6.45, 7) is 0.209. The summed E-state index contributed by atoms with van der Waals surface area (Å²) in [7, 11) is 0. The van der Waals surface area contributed by atoms with Gasteiger partial charge in [0.05, 0.1) is 11.1 Å². The number of fused-ring (bicyclic) bond motifs is 1. The molecular weight excluding hydrogens is 286 g/mol. The van der Waals surface area contributed by atoms with Crippen molar-refractivity contribution >= 4 is 23.4 Å². The Bertz CT molecular complexity index is 810. The molecule has 1 aromatic carbocycles. The van der Waals surface area contributed by atoms with Crippen LogP contribution in [0.1, 0.15) is 26.3 Å². The maximum Gasteiger partial charge on any atom is 0.338 e. The minimum absolute atomic E-state index is 0.187. The van der Waals surface area contributed by atoms with Crippen molar-refractivity contribution in [3.05, 3.63) is 63.7 Å². The molecule has 3 rings (SSSR count). The van der Waals surface area contributed by atoms with E-state index < -0.39 is 0 Å². The molecule has 1 amide bonds. The minimum Gasteiger partial charge on any atom is -0.457 e. The third-order valence-electron chi connectivity index (χ3n) is 3.10. The van der Waals surface area contributed by atoms with Gasteiger partial charge in [-0.1, -0.05) is 0 Å². The van der Waals surface area contributed by atoms with Crippen molar-refractivity contribution in [1.29, 1.82) is 0 Å². The normalized spacial score (nSPS) is 12.1. The van der Waals surface area contributed by atoms with Gasteiger partial charge in [-0.3, -0.25) is 9.78 Å². The number of azide groups is 1. The first-order valence-electron chi connectivity index (χ1n) is 6.30. The van der Waals surface area contributed by atoms with Crippen molar-refractivity contribution < 1.29 is 14.3 Å². The van der Waals surface area contributed by atoms with Crippen LogP contribution in [0, 0.1) is 0 Å². The molecule has 2 heterocycles. The van der Waals surface area contributed by atoms with E-state index in [1.807, 2.05) is 0 Å². The van der Waals surface area contributed by atoms with Crippen molar-refractivity contribution in [3.8, 4) is 0 Å². The number of hydrogen-bond acceptors (Lipinski definition) is 5. The van der Waals surface area contributed by atoms with Crippen molar-refractivity contribution in [2.75, 3.05) is 5.32 Å². The molecule has 0 radical (unpaired) electrons. The summed E-state index contributed by atoms with van der Waals surface area (Å²) in [4.78, 5) is 29.9. The Labute approximate surface area is 124 Å². The molecular formula is C14H9N5O3. The predicted octanol–water partition coefficient (Wildman–Crippen LogP) is 2.95. The fourth-order valence-corrected chi connectivity index (χ4v) is 2.04. The second-order valence-electron chi connectivity index (χ2n) is 4.50. The Morgan fingerprint density at radius 3 is 2.95 bits per heavy atom. The zero-order valence-electron chi connectivity index (χ0n) is 11.2. The van der Waals surface area contributed by atoms with Gasteiger partial charge in [-0.05, 0) is 41.0 Å². The van der Waals surface area contributed by atoms with Crippen LogP contribution >= 0.6 is 0 Å². The average Bonchev–Trinajstić information content (AvgIpc) is 2.89. The molecule has 0 saturated carbocycles. The zero-order valence-corrected chi connectivity index (χ0v) is 11.2. The fraction of sp³-hybridized carbons (Fsp3) is 0.0714. The highest BCUT2D eigenvalue weighted by Crippen LogP contribution is 2.23. The lowest BCUT2D eigenvalue weighted by molar-refractivity contribution is 0.0535. The van der Waals surface area contributed by atoms with Crippen molar-refractivity contribution in [3.63, 3.8) is 0 Å². The first-order valence-corrected chi connectivity index (χ1v) is 6.30. The standard InChI is InChI=1S/C14H9N5O3/c15-19-18-12-4-1-8(6-16-12)13(20)17-10-2-3-11-9(5-10)7-22-14(11)21/h1-6H,7H2,(H,17,20). The lowest BCUT2D eigenvalue weighted by atomic mass is 10.1. The summed E-state index contributed by atoms with van der Waals surface area (Å²) in [5.74, 6) is -0.525. The number of carbonyl (C=O) groups excluding carboxylic acids is 2. The molecule has 8 nitrogen and oxygen atoms in total. The molecule has 0 fully saturated rings. The van der Waals surface area contributed by atoms with Crippen LogP contribution in [0.4, 0.5) is 11.5 Å². The first kappa shape index (κ1) is 13.6. The Balaban J connectivity index is 1.77. The van der Waals surface area contributed by atoms with Crippen LogP contribution in [0.25, 0.3) is 10.4 Å². The molecule has 1 N–H and O–H groups in total. The van der Waals surface area contributed by atoms with E-state index in [1.54, 1.807) is 18.2 Å². The van der Waals surface area contributed by atoms with Crippen molar-refractivity contribution in [2.45, 2.75) is 6.61 Å². The summed E-state index contributed by atoms with van der Waals surface area (Å²) < 4.78 is 4.90. The lowest BCUT2D eigenvalue weighted by Crippen LogP contribution is -2.12. The summed E-state index contributed by atoms with van der Waals surface area (Å²) >= 11 is 0. The molecule has 1 aliphatic rings. The Morgan fingerprint density at radius 2 is 2.23 bits per heavy atom. The van der Waals surface area contributed by atoms with Gasteiger partial charge in [0.25, 0.3) is 5.91 Å². The maximum atomic E-state index is 12.1. The van der Waals surface area contributed by atoms with E-state index in [-0.39, 0.29) is 24.3 Å². The minimum atomic E-state index is -0.356. The number of esters is 1. The quantitative estimate of drug-likeness (QED) is 0.405. The van der Waals surface area contributed by atoms with Gasteiger partial charge in [0.2, 0.25) is 0 Å². The number of ether oxygens (including phenoxy) is 1. The van der Waals surface area contributed by atoms with Crippen LogP contribution in [-0.4, -0.2) is 16.9 Å². The number of pyridine rings is 1. The number of carbonyl (C=O) groups is 2. The summed E-state index contributed by atoms with van der Waals surface area (Å²) in [5, 5.41) is 6.03. The van der Waals surface area contributed by atoms with Gasteiger partial charge in [-0.15, -0.1) is 0 Å². The van der Waals surface area contributed by atoms with E-state index in [1.165, 1.54) is 18.3 Å². The number of rotatable bonds is 3. The van der Waals surface area contributed by atoms with Crippen LogP contribution in [0.15, 0.2) is 41.6 Å². The Morgan fingerprint density at radius 1 is 1.36 bits per heavy atom. The summed E-state index contributed by atoms with van der Waals surface area (Å²) in [5.41, 5.74) is 10.4. The monoisotopic (exact) mass is 295 g/mol. The second-order valence-corrected chi connectivity index (χ2v) is 4.50. The first-order chi connectivity index (χ1) is 10.7. The Kier molecular flexibility index (Phi) is 3.43. The molecule has 0 bridgehead atoms. The number of aromatic nitrogens is 1. The molecule has 2 aromatic rings. The molecule has 0 saturated heterocycles. The SMILES string of the molecule is [N-]=[N+]=Nc1ccc(C(=O)Nc2ccc3c(c2)COC3=O)cn1. The highest BCUT2D eigenvalue weighted by molar-refractivity contribution is 6.04. The van der Waals surface area contributed by atoms with Crippen LogP contribution in [0.3, 0.4) is 0 Å². The van der Waals surface area contributed by atoms with E-state index in [4.69, 9.17) is 10.3 Å². The highest BCUT2D eigenvalue weighted by Gasteiger charge is 2.21. The van der Waals surface area contributed by atoms with Crippen molar-refractivity contribution in [1.82, 2.24) is 4.98 Å². The van der Waals surface area contributed by atoms with E-state index in [9.17, 15) is 9.59 Å². The number of anilines is 1. The second kappa shape index (κ2) is 5.55. The third kappa shape index (κ3) is 2.58. The molecule has 22 heavy (non-hydrogen) atoms. The van der Waals surface area contributed by atoms with Crippen LogP contribution in [0.2, 0.25) is 0 Å². The molecule has 108 valence electrons. The van der Waals surface area contributed by atoms with E-state index in [0.29, 0.717) is 16.8 Å². The largest absolute Gasteiger partial charge is 0.457 e. The Hall–Kier alpha value is -3.38. The van der Waals surface area contributed by atoms with Crippen LogP contribution in [0.5, 0.6) is 0 Å². The molecule has 0 unspecified atom stereocenters. The summed E-state index contributed by atoms with van der Waals surface area (Å²) in [6, 6.07) is 7.89. The van der Waals surface area contributed by atoms with Gasteiger partial charge in [0.15, 0.2) is 0 Å². The number of amides is 1. The molecule has 1 aromatic heterocycles. The van der Waals surface area contributed by atoms with Gasteiger partial charge in [0, 0.05) is 22.4 Å². The smallest absolute Gasteiger partial charge is 0.338 e. The number of hydrogen-bond donors (Lipinski definition) is 1. The van der Waals surface area contributed by atoms with E-state index in [0.717, 1.165) is 5.56 Å². The number of benzene rings is 1. The van der Waals surface area contributed by atoms with Gasteiger partial charge in [-0.2, -0.15) is 0 Å². The molecule has 1 aliphatic heterocycles. The predicted molar refractivity (Wildman–Crippen MR) is 76.6 cm³/mol. The summed E-state index contributed by atoms with van der Waals surface area (Å²) in [6.07, 6.45) is 1.32. The van der Waals surface area contributed by atoms with Crippen LogP contribution in [-0.2, 0) is 11.3 Å². The number of nitrogens with one attached hydrogen (secondary N) is 1. The molecule has 0 aliphatic carbocycles. The highest BCUT2D eigenvalue weighted by atomic mass is 16.5. The third-order valence-corrected chi connectivity index (χ3v) is 3.10. The lowest BCUT2D eigenvalue weighted by Gasteiger charge is -2.06. The molecule has 0 spiro atoms.